The van der Waals surface area contributed by atoms with Gasteiger partial charge in [-0.2, -0.15) is 0 Å². The summed E-state index contributed by atoms with van der Waals surface area (Å²) in [6, 6.07) is 6.89. The van der Waals surface area contributed by atoms with Crippen molar-refractivity contribution >= 4 is 61.0 Å². The van der Waals surface area contributed by atoms with Crippen LogP contribution in [0.15, 0.2) is 24.3 Å². The fourth-order valence-corrected chi connectivity index (χ4v) is 6.19. The first-order valence-corrected chi connectivity index (χ1v) is 9.13. The van der Waals surface area contributed by atoms with Gasteiger partial charge in [-0.3, -0.25) is 14.5 Å². The number of rotatable bonds is 1. The average Bonchev–Trinajstić information content (AvgIpc) is 3.06. The first kappa shape index (κ1) is 14.2. The third-order valence-electron chi connectivity index (χ3n) is 5.07. The van der Waals surface area contributed by atoms with Crippen LogP contribution in [-0.4, -0.2) is 21.5 Å². The maximum absolute atomic E-state index is 12.8. The molecule has 3 fully saturated rings. The summed E-state index contributed by atoms with van der Waals surface area (Å²) >= 11 is 13.2. The molecule has 2 aliphatic carbocycles. The van der Waals surface area contributed by atoms with Crippen molar-refractivity contribution < 1.29 is 9.59 Å². The lowest BCUT2D eigenvalue weighted by molar-refractivity contribution is -0.123. The van der Waals surface area contributed by atoms with Crippen LogP contribution in [0, 0.1) is 23.7 Å². The summed E-state index contributed by atoms with van der Waals surface area (Å²) < 4.78 is 0. The molecule has 1 heterocycles. The van der Waals surface area contributed by atoms with Gasteiger partial charge in [-0.05, 0) is 42.5 Å². The fourth-order valence-electron chi connectivity index (χ4n) is 4.19. The summed E-state index contributed by atoms with van der Waals surface area (Å²) in [6.45, 7) is 0. The highest BCUT2D eigenvalue weighted by molar-refractivity contribution is 9.12. The number of carbonyl (C=O) groups is 2. The number of alkyl halides is 2. The number of hydrogen-bond acceptors (Lipinski definition) is 2. The quantitative estimate of drug-likeness (QED) is 0.501. The number of nitrogens with zero attached hydrogens (tertiary/aromatic N) is 1. The van der Waals surface area contributed by atoms with E-state index >= 15 is 0 Å². The maximum Gasteiger partial charge on any atom is 0.238 e. The molecule has 1 saturated heterocycles. The van der Waals surface area contributed by atoms with Crippen LogP contribution in [0.4, 0.5) is 5.69 Å². The predicted octanol–water partition coefficient (Wildman–Crippen LogP) is 3.62. The van der Waals surface area contributed by atoms with E-state index in [0.29, 0.717) is 10.7 Å². The van der Waals surface area contributed by atoms with Crippen LogP contribution in [0.1, 0.15) is 6.42 Å². The number of fused-ring (bicyclic) bond motifs is 5. The van der Waals surface area contributed by atoms with Crippen molar-refractivity contribution in [2.75, 3.05) is 4.90 Å². The van der Waals surface area contributed by atoms with Crippen molar-refractivity contribution in [2.45, 2.75) is 16.1 Å². The summed E-state index contributed by atoms with van der Waals surface area (Å²) in [7, 11) is 0. The van der Waals surface area contributed by atoms with Gasteiger partial charge < -0.3 is 0 Å². The molecule has 4 rings (SSSR count). The van der Waals surface area contributed by atoms with Crippen LogP contribution in [-0.2, 0) is 9.59 Å². The monoisotopic (exact) mass is 431 g/mol. The normalized spacial score (nSPS) is 41.0. The van der Waals surface area contributed by atoms with Crippen molar-refractivity contribution in [3.63, 3.8) is 0 Å². The van der Waals surface area contributed by atoms with Gasteiger partial charge >= 0.3 is 0 Å². The number of imide groups is 1. The minimum atomic E-state index is -0.170. The van der Waals surface area contributed by atoms with Gasteiger partial charge in [0.25, 0.3) is 0 Å². The van der Waals surface area contributed by atoms with Crippen molar-refractivity contribution in [3.05, 3.63) is 29.3 Å². The number of carbonyl (C=O) groups excluding carboxylic acids is 2. The van der Waals surface area contributed by atoms with Gasteiger partial charge in [0.1, 0.15) is 0 Å². The standard InChI is InChI=1S/C15H12Br2ClNO2/c16-12-8-5-9(13(12)17)11-10(8)14(20)19(15(11)21)7-3-1-6(18)2-4-7/h1-4,8-13H,5H2/t8-,9-,10-,11-,12-,13+/m0/s1. The average molecular weight is 434 g/mol. The minimum Gasteiger partial charge on any atom is -0.274 e. The van der Waals surface area contributed by atoms with Crippen LogP contribution in [0.3, 0.4) is 0 Å². The number of halogens is 3. The van der Waals surface area contributed by atoms with E-state index in [-0.39, 0.29) is 45.1 Å². The molecule has 0 unspecified atom stereocenters. The number of hydrogen-bond donors (Lipinski definition) is 0. The zero-order valence-corrected chi connectivity index (χ0v) is 14.8. The molecule has 2 bridgehead atoms. The number of anilines is 1. The summed E-state index contributed by atoms with van der Waals surface area (Å²) in [4.78, 5) is 27.4. The van der Waals surface area contributed by atoms with Crippen LogP contribution >= 0.6 is 43.5 Å². The molecular formula is C15H12Br2ClNO2. The second kappa shape index (κ2) is 4.80. The second-order valence-corrected chi connectivity index (χ2v) is 8.54. The molecule has 2 amide bonds. The SMILES string of the molecule is O=C1[C@H]2[C@@H]3C[C@H]([C@@H](Br)[C@H]3Br)[C@@H]2C(=O)N1c1ccc(Cl)cc1. The Morgan fingerprint density at radius 1 is 0.952 bits per heavy atom. The maximum atomic E-state index is 12.8. The highest BCUT2D eigenvalue weighted by Gasteiger charge is 2.66. The Morgan fingerprint density at radius 2 is 1.43 bits per heavy atom. The molecular weight excluding hydrogens is 421 g/mol. The predicted molar refractivity (Wildman–Crippen MR) is 88.0 cm³/mol. The van der Waals surface area contributed by atoms with E-state index in [2.05, 4.69) is 31.9 Å². The largest absolute Gasteiger partial charge is 0.274 e. The smallest absolute Gasteiger partial charge is 0.238 e. The van der Waals surface area contributed by atoms with E-state index in [1.807, 2.05) is 0 Å². The molecule has 21 heavy (non-hydrogen) atoms. The van der Waals surface area contributed by atoms with Crippen LogP contribution in [0.5, 0.6) is 0 Å². The topological polar surface area (TPSA) is 37.4 Å². The van der Waals surface area contributed by atoms with Gasteiger partial charge in [0.2, 0.25) is 11.8 Å². The minimum absolute atomic E-state index is 0.0522. The third kappa shape index (κ3) is 1.83. The summed E-state index contributed by atoms with van der Waals surface area (Å²) in [5.74, 6) is 0.0521. The zero-order chi connectivity index (χ0) is 14.9. The van der Waals surface area contributed by atoms with E-state index in [1.54, 1.807) is 24.3 Å². The first-order chi connectivity index (χ1) is 10.0. The Morgan fingerprint density at radius 3 is 1.90 bits per heavy atom. The van der Waals surface area contributed by atoms with Gasteiger partial charge in [-0.1, -0.05) is 43.5 Å². The lowest BCUT2D eigenvalue weighted by Gasteiger charge is -2.28. The van der Waals surface area contributed by atoms with Gasteiger partial charge in [0.15, 0.2) is 0 Å². The van der Waals surface area contributed by atoms with Gasteiger partial charge in [-0.15, -0.1) is 0 Å². The highest BCUT2D eigenvalue weighted by Crippen LogP contribution is 2.60. The molecule has 0 N–H and O–H groups in total. The lowest BCUT2D eigenvalue weighted by Crippen LogP contribution is -2.37. The Bertz CT molecular complexity index is 603. The van der Waals surface area contributed by atoms with E-state index in [4.69, 9.17) is 11.6 Å². The van der Waals surface area contributed by atoms with Crippen molar-refractivity contribution in [2.24, 2.45) is 23.7 Å². The fraction of sp³-hybridized carbons (Fsp3) is 0.467. The molecule has 1 aliphatic heterocycles. The van der Waals surface area contributed by atoms with Gasteiger partial charge in [0.05, 0.1) is 17.5 Å². The second-order valence-electron chi connectivity index (χ2n) is 5.99. The van der Waals surface area contributed by atoms with E-state index < -0.39 is 0 Å². The molecule has 3 aliphatic rings. The first-order valence-electron chi connectivity index (χ1n) is 6.92. The van der Waals surface area contributed by atoms with Crippen LogP contribution in [0.2, 0.25) is 5.02 Å². The third-order valence-corrected chi connectivity index (χ3v) is 8.53. The molecule has 2 saturated carbocycles. The van der Waals surface area contributed by atoms with Gasteiger partial charge in [-0.25, -0.2) is 0 Å². The molecule has 6 atom stereocenters. The number of amides is 2. The van der Waals surface area contributed by atoms with Crippen molar-refractivity contribution in [1.29, 1.82) is 0 Å². The lowest BCUT2D eigenvalue weighted by atomic mass is 9.81. The van der Waals surface area contributed by atoms with Crippen molar-refractivity contribution in [1.82, 2.24) is 0 Å². The highest BCUT2D eigenvalue weighted by atomic mass is 79.9. The Kier molecular flexibility index (Phi) is 3.25. The van der Waals surface area contributed by atoms with Crippen molar-refractivity contribution in [3.8, 4) is 0 Å². The Hall–Kier alpha value is -0.390. The summed E-state index contributed by atoms with van der Waals surface area (Å²) in [5, 5.41) is 0.596. The number of benzene rings is 1. The molecule has 110 valence electrons. The van der Waals surface area contributed by atoms with Gasteiger partial charge in [0, 0.05) is 14.7 Å². The van der Waals surface area contributed by atoms with Crippen LogP contribution in [0.25, 0.3) is 0 Å². The molecule has 1 aromatic rings. The van der Waals surface area contributed by atoms with Crippen LogP contribution < -0.4 is 4.90 Å². The molecule has 1 aromatic carbocycles. The molecule has 0 aromatic heterocycles. The van der Waals surface area contributed by atoms with E-state index in [0.717, 1.165) is 6.42 Å². The molecule has 0 spiro atoms. The molecule has 6 heteroatoms. The molecule has 3 nitrogen and oxygen atoms in total. The molecule has 0 radical (unpaired) electrons. The van der Waals surface area contributed by atoms with E-state index in [1.165, 1.54) is 4.90 Å². The summed E-state index contributed by atoms with van der Waals surface area (Å²) in [5.41, 5.74) is 0.625. The van der Waals surface area contributed by atoms with E-state index in [9.17, 15) is 9.59 Å². The Labute approximate surface area is 144 Å². The summed E-state index contributed by atoms with van der Waals surface area (Å²) in [6.07, 6.45) is 0.951. The zero-order valence-electron chi connectivity index (χ0n) is 10.9. The Balaban J connectivity index is 1.73.